The average molecular weight is 510 g/mol. The maximum atomic E-state index is 11.3. The molecule has 2 bridgehead atoms. The smallest absolute Gasteiger partial charge is 0.231 e. The summed E-state index contributed by atoms with van der Waals surface area (Å²) >= 11 is 0. The molecule has 0 amide bonds. The van der Waals surface area contributed by atoms with Crippen molar-refractivity contribution >= 4 is 0 Å². The number of benzene rings is 2. The van der Waals surface area contributed by atoms with Crippen molar-refractivity contribution in [1.82, 2.24) is 9.80 Å². The lowest BCUT2D eigenvalue weighted by atomic mass is 9.71. The molecule has 1 fully saturated rings. The Bertz CT molecular complexity index is 1320. The maximum absolute atomic E-state index is 11.3. The van der Waals surface area contributed by atoms with Gasteiger partial charge in [0.1, 0.15) is 11.8 Å². The van der Waals surface area contributed by atoms with Gasteiger partial charge in [0.25, 0.3) is 0 Å². The number of methoxy groups -OCH3 is 1. The average Bonchev–Trinajstić information content (AvgIpc) is 3.38. The molecular formula is C27H31N3O7. The van der Waals surface area contributed by atoms with Gasteiger partial charge in [-0.3, -0.25) is 9.80 Å². The number of ether oxygens (including phenoxy) is 4. The van der Waals surface area contributed by atoms with Gasteiger partial charge >= 0.3 is 0 Å². The molecule has 37 heavy (non-hydrogen) atoms. The van der Waals surface area contributed by atoms with Gasteiger partial charge in [0.05, 0.1) is 24.8 Å². The monoisotopic (exact) mass is 509 g/mol. The molecule has 2 aromatic rings. The van der Waals surface area contributed by atoms with Crippen LogP contribution in [0.15, 0.2) is 6.07 Å². The Kier molecular flexibility index (Phi) is 5.65. The zero-order chi connectivity index (χ0) is 26.2. The number of fused-ring (bicyclic) bond motifs is 9. The third-order valence-corrected chi connectivity index (χ3v) is 8.59. The van der Waals surface area contributed by atoms with E-state index in [-0.39, 0.29) is 49.8 Å². The van der Waals surface area contributed by atoms with E-state index in [1.54, 1.807) is 6.92 Å². The molecule has 0 aliphatic carbocycles. The van der Waals surface area contributed by atoms with Gasteiger partial charge in [0.15, 0.2) is 29.8 Å². The minimum atomic E-state index is -0.581. The van der Waals surface area contributed by atoms with Crippen LogP contribution in [0.1, 0.15) is 45.5 Å². The molecule has 0 saturated carbocycles. The summed E-state index contributed by atoms with van der Waals surface area (Å²) in [5, 5.41) is 43.5. The van der Waals surface area contributed by atoms with Gasteiger partial charge in [-0.15, -0.1) is 0 Å². The Morgan fingerprint density at radius 2 is 1.86 bits per heavy atom. The van der Waals surface area contributed by atoms with E-state index in [0.717, 1.165) is 11.1 Å². The van der Waals surface area contributed by atoms with Crippen molar-refractivity contribution in [2.24, 2.45) is 0 Å². The van der Waals surface area contributed by atoms with Gasteiger partial charge in [-0.1, -0.05) is 6.07 Å². The zero-order valence-corrected chi connectivity index (χ0v) is 21.3. The summed E-state index contributed by atoms with van der Waals surface area (Å²) in [6, 6.07) is 2.66. The lowest BCUT2D eigenvalue weighted by Gasteiger charge is -2.59. The van der Waals surface area contributed by atoms with Gasteiger partial charge in [-0.25, -0.2) is 0 Å². The van der Waals surface area contributed by atoms with Crippen molar-refractivity contribution in [3.63, 3.8) is 0 Å². The van der Waals surface area contributed by atoms with E-state index < -0.39 is 12.1 Å². The number of rotatable bonds is 4. The lowest BCUT2D eigenvalue weighted by molar-refractivity contribution is -0.0832. The van der Waals surface area contributed by atoms with Crippen LogP contribution in [-0.2, 0) is 17.6 Å². The Hall–Kier alpha value is -3.23. The Labute approximate surface area is 215 Å². The van der Waals surface area contributed by atoms with Crippen LogP contribution in [0.5, 0.6) is 28.7 Å². The largest absolute Gasteiger partial charge is 0.507 e. The van der Waals surface area contributed by atoms with E-state index in [4.69, 9.17) is 18.9 Å². The molecule has 0 aromatic heterocycles. The number of hydrogen-bond acceptors (Lipinski definition) is 10. The van der Waals surface area contributed by atoms with E-state index in [1.165, 1.54) is 7.11 Å². The molecule has 10 nitrogen and oxygen atoms in total. The van der Waals surface area contributed by atoms with Gasteiger partial charge in [0, 0.05) is 41.4 Å². The third kappa shape index (κ3) is 3.18. The first-order valence-corrected chi connectivity index (χ1v) is 12.4. The predicted molar refractivity (Wildman–Crippen MR) is 131 cm³/mol. The van der Waals surface area contributed by atoms with E-state index in [9.17, 15) is 20.6 Å². The molecule has 5 atom stereocenters. The first-order valence-electron chi connectivity index (χ1n) is 12.4. The zero-order valence-electron chi connectivity index (χ0n) is 21.3. The number of aryl methyl sites for hydroxylation is 1. The number of aromatic hydroxyl groups is 2. The highest BCUT2D eigenvalue weighted by molar-refractivity contribution is 5.66. The number of nitrogens with zero attached hydrogens (tertiary/aromatic N) is 3. The summed E-state index contributed by atoms with van der Waals surface area (Å²) in [6.07, 6.45) is 0.989. The quantitative estimate of drug-likeness (QED) is 0.528. The third-order valence-electron chi connectivity index (χ3n) is 8.59. The second kappa shape index (κ2) is 8.67. The predicted octanol–water partition coefficient (Wildman–Crippen LogP) is 2.19. The first-order chi connectivity index (χ1) is 17.8. The first kappa shape index (κ1) is 24.1. The van der Waals surface area contributed by atoms with E-state index in [2.05, 4.69) is 15.9 Å². The minimum absolute atomic E-state index is 0.0237. The fraction of sp³-hybridized carbons (Fsp3) is 0.519. The van der Waals surface area contributed by atoms with Crippen molar-refractivity contribution in [3.05, 3.63) is 39.4 Å². The number of aliphatic hydroxyl groups is 1. The molecule has 4 heterocycles. The van der Waals surface area contributed by atoms with E-state index in [0.29, 0.717) is 52.3 Å². The summed E-state index contributed by atoms with van der Waals surface area (Å²) in [5.41, 5.74) is 4.53. The normalized spacial score (nSPS) is 27.7. The van der Waals surface area contributed by atoms with Crippen LogP contribution < -0.4 is 14.2 Å². The molecule has 4 aliphatic heterocycles. The Morgan fingerprint density at radius 1 is 1.11 bits per heavy atom. The number of aliphatic hydroxyl groups excluding tert-OH is 1. The summed E-state index contributed by atoms with van der Waals surface area (Å²) < 4.78 is 22.6. The van der Waals surface area contributed by atoms with Crippen molar-refractivity contribution in [3.8, 4) is 34.8 Å². The van der Waals surface area contributed by atoms with Crippen molar-refractivity contribution < 1.29 is 34.3 Å². The van der Waals surface area contributed by atoms with Gasteiger partial charge in [-0.05, 0) is 44.9 Å². The number of phenolic OH excluding ortho intramolecular Hbond substituents is 2. The van der Waals surface area contributed by atoms with Crippen LogP contribution >= 0.6 is 0 Å². The van der Waals surface area contributed by atoms with Crippen molar-refractivity contribution in [2.75, 3.05) is 34.4 Å². The maximum Gasteiger partial charge on any atom is 0.231 e. The summed E-state index contributed by atoms with van der Waals surface area (Å²) in [7, 11) is 3.52. The van der Waals surface area contributed by atoms with Crippen LogP contribution in [0, 0.1) is 25.2 Å². The fourth-order valence-electron chi connectivity index (χ4n) is 7.02. The number of hydrogen-bond donors (Lipinski definition) is 3. The second-order valence-corrected chi connectivity index (χ2v) is 10.3. The van der Waals surface area contributed by atoms with E-state index in [1.807, 2.05) is 20.0 Å². The molecule has 10 heteroatoms. The molecule has 4 aliphatic rings. The topological polar surface area (TPSA) is 128 Å². The molecule has 196 valence electrons. The summed E-state index contributed by atoms with van der Waals surface area (Å²) in [4.78, 5) is 4.26. The number of likely N-dealkylation sites (N-methyl/N-ethyl adjacent to an activating group) is 1. The molecule has 0 unspecified atom stereocenters. The van der Waals surface area contributed by atoms with Crippen LogP contribution in [0.25, 0.3) is 0 Å². The van der Waals surface area contributed by atoms with Crippen LogP contribution in [0.2, 0.25) is 0 Å². The Morgan fingerprint density at radius 3 is 2.57 bits per heavy atom. The number of phenols is 2. The molecule has 6 rings (SSSR count). The molecular weight excluding hydrogens is 478 g/mol. The second-order valence-electron chi connectivity index (χ2n) is 10.3. The highest BCUT2D eigenvalue weighted by Gasteiger charge is 2.56. The minimum Gasteiger partial charge on any atom is -0.507 e. The molecule has 0 radical (unpaired) electrons. The standard InChI is InChI=1S/C27H31N3O7/c1-12-5-14-6-16-18(8-28)30-17(22(29(16)3)20(14)26(23(12)32)35-10-34-4)7-15-21(19(30)9-31)27-25(36-11-37-27)13(2)24(15)33/h5,16-19,22,31-33H,6-7,9-11H2,1-4H3/t16-,17-,18-,19-,22+/m0/s1. The highest BCUT2D eigenvalue weighted by atomic mass is 16.7. The van der Waals surface area contributed by atoms with Crippen molar-refractivity contribution in [2.45, 2.75) is 56.9 Å². The molecule has 1 saturated heterocycles. The van der Waals surface area contributed by atoms with Gasteiger partial charge in [-0.2, -0.15) is 5.26 Å². The van der Waals surface area contributed by atoms with Gasteiger partial charge < -0.3 is 34.3 Å². The van der Waals surface area contributed by atoms with E-state index >= 15 is 0 Å². The van der Waals surface area contributed by atoms with Crippen LogP contribution in [0.4, 0.5) is 0 Å². The summed E-state index contributed by atoms with van der Waals surface area (Å²) in [5.74, 6) is 1.57. The van der Waals surface area contributed by atoms with Crippen molar-refractivity contribution in [1.29, 1.82) is 5.26 Å². The van der Waals surface area contributed by atoms with Crippen LogP contribution in [-0.4, -0.2) is 77.6 Å². The van der Waals surface area contributed by atoms with Gasteiger partial charge in [0.2, 0.25) is 6.79 Å². The lowest BCUT2D eigenvalue weighted by Crippen LogP contribution is -2.68. The van der Waals surface area contributed by atoms with Crippen LogP contribution in [0.3, 0.4) is 0 Å². The summed E-state index contributed by atoms with van der Waals surface area (Å²) in [6.45, 7) is 3.37. The Balaban J connectivity index is 1.59. The number of nitriles is 1. The molecule has 0 spiro atoms. The number of piperazine rings is 1. The molecule has 3 N–H and O–H groups in total. The molecule has 2 aromatic carbocycles. The fourth-order valence-corrected chi connectivity index (χ4v) is 7.02. The SMILES string of the molecule is COCOc1c(O)c(C)cc2c1[C@H]1[C@@H]3Cc4c(O)c(C)c5c(c4[C@H](CO)N3[C@@H](C#N)[C@H](C2)N1C)OCO5. The highest BCUT2D eigenvalue weighted by Crippen LogP contribution is 2.58.